The second kappa shape index (κ2) is 17.0. The second-order valence-corrected chi connectivity index (χ2v) is 10.4. The maximum Gasteiger partial charge on any atom is 0.335 e. The number of Topliss-reactive ketones (excluding diaryl/α,β-unsaturated/α-hetero) is 2. The Kier molecular flexibility index (Phi) is 15.2. The lowest BCUT2D eigenvalue weighted by molar-refractivity contribution is -0.149. The number of carboxylic acids is 1. The van der Waals surface area contributed by atoms with E-state index in [2.05, 4.69) is 9.98 Å². The average Bonchev–Trinajstić information content (AvgIpc) is 3.20. The number of aliphatic imine (C=N–C) groups is 2. The van der Waals surface area contributed by atoms with Gasteiger partial charge < -0.3 is 31.5 Å². The molecule has 0 spiro atoms. The van der Waals surface area contributed by atoms with Gasteiger partial charge in [0.25, 0.3) is 0 Å². The number of carboxylic acid groups (broad SMARTS) is 1. The first-order chi connectivity index (χ1) is 19.7. The van der Waals surface area contributed by atoms with E-state index in [1.54, 1.807) is 51.1 Å². The van der Waals surface area contributed by atoms with Gasteiger partial charge in [-0.1, -0.05) is 39.1 Å². The van der Waals surface area contributed by atoms with Crippen LogP contribution in [0.1, 0.15) is 80.3 Å². The van der Waals surface area contributed by atoms with Crippen LogP contribution >= 0.6 is 12.4 Å². The Balaban J connectivity index is 0.000000818. The molecule has 0 saturated carbocycles. The van der Waals surface area contributed by atoms with Crippen LogP contribution in [0.4, 0.5) is 11.4 Å². The molecular formula is C32H41ClN4O8. The number of halogens is 1. The highest BCUT2D eigenvalue weighted by Gasteiger charge is 2.23. The van der Waals surface area contributed by atoms with Gasteiger partial charge in [-0.15, -0.1) is 12.4 Å². The topological polar surface area (TPSA) is 215 Å². The van der Waals surface area contributed by atoms with Crippen LogP contribution in [0.15, 0.2) is 57.5 Å². The summed E-state index contributed by atoms with van der Waals surface area (Å²) in [7, 11) is 0. The highest BCUT2D eigenvalue weighted by molar-refractivity contribution is 6.05. The zero-order valence-corrected chi connectivity index (χ0v) is 24.6. The highest BCUT2D eigenvalue weighted by Crippen LogP contribution is 2.29. The third kappa shape index (κ3) is 11.1. The summed E-state index contributed by atoms with van der Waals surface area (Å²) < 4.78 is 5.37. The normalized spacial score (nSPS) is 13.2. The minimum Gasteiger partial charge on any atom is -0.478 e. The van der Waals surface area contributed by atoms with Gasteiger partial charge in [0, 0.05) is 46.2 Å². The Morgan fingerprint density at radius 3 is 1.56 bits per heavy atom. The van der Waals surface area contributed by atoms with Crippen LogP contribution in [0.5, 0.6) is 0 Å². The fourth-order valence-corrected chi connectivity index (χ4v) is 3.92. The number of amidine groups is 2. The highest BCUT2D eigenvalue weighted by atomic mass is 35.5. The van der Waals surface area contributed by atoms with E-state index in [0.29, 0.717) is 39.2 Å². The molecular weight excluding hydrogens is 604 g/mol. The van der Waals surface area contributed by atoms with Crippen molar-refractivity contribution in [3.8, 4) is 0 Å². The molecule has 45 heavy (non-hydrogen) atoms. The monoisotopic (exact) mass is 644 g/mol. The Labute approximate surface area is 268 Å². The summed E-state index contributed by atoms with van der Waals surface area (Å²) in [5.74, 6) is -1.90. The van der Waals surface area contributed by atoms with Crippen molar-refractivity contribution in [2.45, 2.75) is 54.1 Å². The van der Waals surface area contributed by atoms with Crippen molar-refractivity contribution in [3.63, 3.8) is 0 Å². The standard InChI is InChI=1S/C17H20N2O4.C13H12N2O4.2CH4.ClH/c1-17(2,3)23-16(22)12-6-10-4-5-11(14(21)9-20)7-13(10)19-15(18)8-12;14-12-5-9(13(18)19)3-7-1-2-8(11(17)6-16)4-10(7)15-12;;;/h4-7,20H,8-9H2,1-3H3,(H2,18,19);1-4,16H,5-6H2,(H2,14,15)(H,18,19);2*1H4;1H. The van der Waals surface area contributed by atoms with Gasteiger partial charge in [-0.3, -0.25) is 9.59 Å². The van der Waals surface area contributed by atoms with Crippen molar-refractivity contribution in [1.82, 2.24) is 0 Å². The number of nitrogens with two attached hydrogens (primary N) is 2. The minimum atomic E-state index is -1.05. The number of hydrogen-bond donors (Lipinski definition) is 5. The number of nitrogens with zero attached hydrogens (tertiary/aromatic N) is 2. The summed E-state index contributed by atoms with van der Waals surface area (Å²) in [6.45, 7) is 4.21. The zero-order chi connectivity index (χ0) is 31.2. The molecule has 0 bridgehead atoms. The van der Waals surface area contributed by atoms with E-state index in [4.69, 9.17) is 31.5 Å². The number of rotatable bonds is 6. The molecule has 0 atom stereocenters. The number of carbonyl (C=O) groups excluding carboxylic acids is 3. The van der Waals surface area contributed by atoms with Crippen LogP contribution in [0.25, 0.3) is 12.2 Å². The summed E-state index contributed by atoms with van der Waals surface area (Å²) in [6, 6.07) is 9.40. The van der Waals surface area contributed by atoms with Crippen LogP contribution in [-0.2, 0) is 14.3 Å². The fraction of sp³-hybridized carbons (Fsp3) is 0.312. The molecule has 7 N–H and O–H groups in total. The van der Waals surface area contributed by atoms with Crippen molar-refractivity contribution in [2.24, 2.45) is 21.5 Å². The smallest absolute Gasteiger partial charge is 0.335 e. The van der Waals surface area contributed by atoms with Crippen molar-refractivity contribution in [1.29, 1.82) is 0 Å². The molecule has 13 heteroatoms. The SMILES string of the molecule is C.C.CC(C)(C)OC(=O)C1=Cc2ccc(C(=O)CO)cc2N=C(N)C1.Cl.NC1=Nc2cc(C(=O)CO)ccc2C=C(C(=O)O)C1. The third-order valence-corrected chi connectivity index (χ3v) is 5.86. The molecule has 0 radical (unpaired) electrons. The van der Waals surface area contributed by atoms with Gasteiger partial charge in [0.15, 0.2) is 11.6 Å². The largest absolute Gasteiger partial charge is 0.478 e. The van der Waals surface area contributed by atoms with E-state index in [1.165, 1.54) is 18.2 Å². The molecule has 0 unspecified atom stereocenters. The van der Waals surface area contributed by atoms with Crippen LogP contribution in [0.2, 0.25) is 0 Å². The average molecular weight is 645 g/mol. The number of fused-ring (bicyclic) bond motifs is 2. The van der Waals surface area contributed by atoms with Crippen LogP contribution in [0, 0.1) is 0 Å². The van der Waals surface area contributed by atoms with Gasteiger partial charge in [0.2, 0.25) is 0 Å². The molecule has 0 fully saturated rings. The van der Waals surface area contributed by atoms with Gasteiger partial charge in [0.05, 0.1) is 11.4 Å². The van der Waals surface area contributed by atoms with E-state index >= 15 is 0 Å². The molecule has 2 aromatic rings. The summed E-state index contributed by atoms with van der Waals surface area (Å²) in [5.41, 5.74) is 14.3. The number of hydrogen-bond acceptors (Lipinski definition) is 11. The number of aliphatic carboxylic acids is 1. The number of carbonyl (C=O) groups is 4. The fourth-order valence-electron chi connectivity index (χ4n) is 3.92. The molecule has 12 nitrogen and oxygen atoms in total. The van der Waals surface area contributed by atoms with Gasteiger partial charge in [-0.2, -0.15) is 0 Å². The Morgan fingerprint density at radius 1 is 0.778 bits per heavy atom. The molecule has 0 amide bonds. The molecule has 2 aliphatic heterocycles. The number of aliphatic hydroxyl groups excluding tert-OH is 2. The minimum absolute atomic E-state index is 0. The molecule has 244 valence electrons. The van der Waals surface area contributed by atoms with Crippen molar-refractivity contribution < 1.29 is 39.2 Å². The maximum absolute atomic E-state index is 12.3. The summed E-state index contributed by atoms with van der Waals surface area (Å²) in [5, 5.41) is 26.8. The first-order valence-corrected chi connectivity index (χ1v) is 12.8. The second-order valence-electron chi connectivity index (χ2n) is 10.4. The quantitative estimate of drug-likeness (QED) is 0.221. The first kappa shape index (κ1) is 40.4. The van der Waals surface area contributed by atoms with E-state index in [-0.39, 0.29) is 57.3 Å². The predicted octanol–water partition coefficient (Wildman–Crippen LogP) is 4.40. The zero-order valence-electron chi connectivity index (χ0n) is 23.8. The molecule has 0 saturated heterocycles. The van der Waals surface area contributed by atoms with E-state index < -0.39 is 42.3 Å². The Hall–Kier alpha value is -4.65. The van der Waals surface area contributed by atoms with Gasteiger partial charge in [-0.05, 0) is 45.1 Å². The number of ketones is 2. The van der Waals surface area contributed by atoms with Gasteiger partial charge in [-0.25, -0.2) is 19.6 Å². The molecule has 0 aliphatic carbocycles. The lowest BCUT2D eigenvalue weighted by Gasteiger charge is -2.20. The molecule has 2 aliphatic rings. The van der Waals surface area contributed by atoms with Gasteiger partial charge in [0.1, 0.15) is 30.5 Å². The Bertz CT molecular complexity index is 1570. The van der Waals surface area contributed by atoms with Crippen LogP contribution < -0.4 is 11.5 Å². The third-order valence-electron chi connectivity index (χ3n) is 5.86. The molecule has 2 aromatic carbocycles. The summed E-state index contributed by atoms with van der Waals surface area (Å²) in [6.07, 6.45) is 3.37. The van der Waals surface area contributed by atoms with Crippen molar-refractivity contribution >= 4 is 71.1 Å². The lowest BCUT2D eigenvalue weighted by atomic mass is 10.0. The molecule has 2 heterocycles. The first-order valence-electron chi connectivity index (χ1n) is 12.8. The van der Waals surface area contributed by atoms with E-state index in [0.717, 1.165) is 0 Å². The van der Waals surface area contributed by atoms with Crippen molar-refractivity contribution in [3.05, 3.63) is 69.8 Å². The van der Waals surface area contributed by atoms with E-state index in [1.807, 2.05) is 0 Å². The van der Waals surface area contributed by atoms with E-state index in [9.17, 15) is 19.2 Å². The van der Waals surface area contributed by atoms with Crippen LogP contribution in [0.3, 0.4) is 0 Å². The Morgan fingerprint density at radius 2 is 1.18 bits per heavy atom. The summed E-state index contributed by atoms with van der Waals surface area (Å²) in [4.78, 5) is 54.6. The number of ether oxygens (including phenoxy) is 1. The number of aliphatic hydroxyl groups is 2. The lowest BCUT2D eigenvalue weighted by Crippen LogP contribution is -2.26. The van der Waals surface area contributed by atoms with Gasteiger partial charge >= 0.3 is 11.9 Å². The predicted molar refractivity (Wildman–Crippen MR) is 178 cm³/mol. The van der Waals surface area contributed by atoms with Crippen molar-refractivity contribution in [2.75, 3.05) is 13.2 Å². The van der Waals surface area contributed by atoms with Crippen LogP contribution in [-0.4, -0.2) is 69.3 Å². The molecule has 0 aromatic heterocycles. The number of esters is 1. The maximum atomic E-state index is 12.3. The molecule has 4 rings (SSSR count). The summed E-state index contributed by atoms with van der Waals surface area (Å²) >= 11 is 0. The number of benzene rings is 2.